The Hall–Kier alpha value is 0.719. The molecule has 0 amide bonds. The summed E-state index contributed by atoms with van der Waals surface area (Å²) in [6.45, 7) is 10.7. The maximum atomic E-state index is 5.49. The number of hydrogen-bond donors (Lipinski definition) is 0. The third-order valence-corrected chi connectivity index (χ3v) is 3.88. The second-order valence-electron chi connectivity index (χ2n) is 4.20. The maximum absolute atomic E-state index is 5.49. The molecule has 13 heavy (non-hydrogen) atoms. The summed E-state index contributed by atoms with van der Waals surface area (Å²) in [6, 6.07) is 0. The van der Waals surface area contributed by atoms with Gasteiger partial charge in [-0.15, -0.1) is 0 Å². The molecule has 0 unspecified atom stereocenters. The van der Waals surface area contributed by atoms with Crippen LogP contribution in [-0.4, -0.2) is 35.2 Å². The molecule has 0 saturated carbocycles. The Morgan fingerprint density at radius 1 is 0.846 bits per heavy atom. The van der Waals surface area contributed by atoms with Crippen molar-refractivity contribution in [3.8, 4) is 0 Å². The van der Waals surface area contributed by atoms with Crippen LogP contribution in [0.1, 0.15) is 40.5 Å². The van der Waals surface area contributed by atoms with Crippen molar-refractivity contribution < 1.29 is 6.15 Å². The Morgan fingerprint density at radius 2 is 1.23 bits per heavy atom. The fourth-order valence-corrected chi connectivity index (χ4v) is 2.35. The van der Waals surface area contributed by atoms with Gasteiger partial charge >= 0.3 is 93.7 Å². The van der Waals surface area contributed by atoms with Gasteiger partial charge in [-0.3, -0.25) is 0 Å². The van der Waals surface area contributed by atoms with Gasteiger partial charge in [0.05, 0.1) is 0 Å². The number of rotatable bonds is 8. The van der Waals surface area contributed by atoms with Crippen molar-refractivity contribution in [1.29, 1.82) is 0 Å². The van der Waals surface area contributed by atoms with Crippen molar-refractivity contribution in [3.63, 3.8) is 0 Å². The summed E-state index contributed by atoms with van der Waals surface area (Å²) >= 11 is -1.09. The van der Waals surface area contributed by atoms with E-state index in [1.807, 2.05) is 0 Å². The van der Waals surface area contributed by atoms with Gasteiger partial charge in [-0.1, -0.05) is 0 Å². The molecule has 0 aliphatic carbocycles. The molecular weight excluding hydrogens is 271 g/mol. The Bertz CT molecular complexity index is 93.1. The molecule has 0 bridgehead atoms. The summed E-state index contributed by atoms with van der Waals surface area (Å²) in [5.74, 6) is 1.50. The van der Waals surface area contributed by atoms with Crippen LogP contribution in [0.15, 0.2) is 0 Å². The molecule has 0 N–H and O–H groups in total. The van der Waals surface area contributed by atoms with E-state index in [4.69, 9.17) is 6.15 Å². The van der Waals surface area contributed by atoms with Crippen LogP contribution in [0.4, 0.5) is 0 Å². The van der Waals surface area contributed by atoms with E-state index >= 15 is 0 Å². The first-order chi connectivity index (χ1) is 6.13. The molecule has 1 radical (unpaired) electrons. The Labute approximate surface area is 93.7 Å². The Kier molecular flexibility index (Phi) is 9.79. The molecule has 0 aliphatic heterocycles. The van der Waals surface area contributed by atoms with E-state index in [-0.39, 0.29) is 0 Å². The summed E-state index contributed by atoms with van der Waals surface area (Å²) in [7, 11) is 0. The summed E-state index contributed by atoms with van der Waals surface area (Å²) in [5, 5.41) is 0. The van der Waals surface area contributed by atoms with Gasteiger partial charge in [0.25, 0.3) is 0 Å². The standard InChI is InChI=1S/2C5H11O.Sn.H/c2*1-5(2)3-4-6;;/h2*5H,3-4H2,1-2H3;;/q2*-1;+2;. The molecule has 0 aliphatic rings. The Morgan fingerprint density at radius 3 is 1.54 bits per heavy atom. The topological polar surface area (TPSA) is 18.5 Å². The van der Waals surface area contributed by atoms with Crippen molar-refractivity contribution in [2.45, 2.75) is 40.5 Å². The molecule has 0 aromatic rings. The number of hydrogen-bond acceptors (Lipinski definition) is 2. The molecule has 0 atom stereocenters. The SMILES string of the molecule is CC(C)CC[O][SnH][O]CCC(C)C. The minimum absolute atomic E-state index is 0.749. The average Bonchev–Trinajstić information content (AvgIpc) is 2.01. The summed E-state index contributed by atoms with van der Waals surface area (Å²) < 4.78 is 11.0. The quantitative estimate of drug-likeness (QED) is 0.505. The molecule has 2 nitrogen and oxygen atoms in total. The van der Waals surface area contributed by atoms with Gasteiger partial charge in [-0.2, -0.15) is 0 Å². The molecule has 3 heteroatoms. The summed E-state index contributed by atoms with van der Waals surface area (Å²) in [4.78, 5) is 0. The van der Waals surface area contributed by atoms with Crippen LogP contribution in [0, 0.1) is 11.8 Å². The van der Waals surface area contributed by atoms with Gasteiger partial charge in [0.1, 0.15) is 0 Å². The third-order valence-electron chi connectivity index (χ3n) is 1.76. The van der Waals surface area contributed by atoms with Gasteiger partial charge in [0.2, 0.25) is 0 Å². The van der Waals surface area contributed by atoms with E-state index in [0.29, 0.717) is 0 Å². The van der Waals surface area contributed by atoms with Crippen LogP contribution in [-0.2, 0) is 6.15 Å². The van der Waals surface area contributed by atoms with E-state index in [2.05, 4.69) is 27.7 Å². The zero-order valence-electron chi connectivity index (χ0n) is 9.38. The first-order valence-corrected chi connectivity index (χ1v) is 7.87. The van der Waals surface area contributed by atoms with Crippen molar-refractivity contribution >= 4 is 22.0 Å². The van der Waals surface area contributed by atoms with E-state index in [1.54, 1.807) is 0 Å². The van der Waals surface area contributed by atoms with Crippen molar-refractivity contribution in [2.75, 3.05) is 13.2 Å². The molecule has 0 spiro atoms. The van der Waals surface area contributed by atoms with Crippen molar-refractivity contribution in [1.82, 2.24) is 0 Å². The van der Waals surface area contributed by atoms with E-state index < -0.39 is 22.0 Å². The zero-order chi connectivity index (χ0) is 10.1. The normalized spacial score (nSPS) is 11.5. The zero-order valence-corrected chi connectivity index (χ0v) is 12.7. The van der Waals surface area contributed by atoms with Crippen LogP contribution < -0.4 is 0 Å². The predicted octanol–water partition coefficient (Wildman–Crippen LogP) is 2.38. The van der Waals surface area contributed by atoms with Gasteiger partial charge in [0.15, 0.2) is 0 Å². The predicted molar refractivity (Wildman–Crippen MR) is 58.0 cm³/mol. The average molecular weight is 294 g/mol. The Balaban J connectivity index is 2.92. The molecule has 0 heterocycles. The fraction of sp³-hybridized carbons (Fsp3) is 1.00. The van der Waals surface area contributed by atoms with Gasteiger partial charge in [-0.05, 0) is 0 Å². The van der Waals surface area contributed by atoms with E-state index in [1.165, 1.54) is 12.8 Å². The van der Waals surface area contributed by atoms with E-state index in [0.717, 1.165) is 25.0 Å². The van der Waals surface area contributed by atoms with Crippen LogP contribution in [0.25, 0.3) is 0 Å². The van der Waals surface area contributed by atoms with Crippen molar-refractivity contribution in [3.05, 3.63) is 0 Å². The third kappa shape index (κ3) is 12.7. The summed E-state index contributed by atoms with van der Waals surface area (Å²) in [6.07, 6.45) is 2.33. The van der Waals surface area contributed by atoms with Gasteiger partial charge < -0.3 is 0 Å². The molecule has 0 aromatic carbocycles. The van der Waals surface area contributed by atoms with Crippen molar-refractivity contribution in [2.24, 2.45) is 11.8 Å². The molecular formula is C10H23O2Sn. The van der Waals surface area contributed by atoms with Gasteiger partial charge in [-0.25, -0.2) is 0 Å². The van der Waals surface area contributed by atoms with Crippen LogP contribution in [0.3, 0.4) is 0 Å². The fourth-order valence-electron chi connectivity index (χ4n) is 0.752. The molecule has 0 fully saturated rings. The molecule has 0 aromatic heterocycles. The molecule has 0 rings (SSSR count). The van der Waals surface area contributed by atoms with E-state index in [9.17, 15) is 0 Å². The van der Waals surface area contributed by atoms with Gasteiger partial charge in [0, 0.05) is 0 Å². The first kappa shape index (κ1) is 13.7. The van der Waals surface area contributed by atoms with Crippen LogP contribution in [0.2, 0.25) is 0 Å². The first-order valence-electron chi connectivity index (χ1n) is 5.17. The minimum atomic E-state index is -1.09. The van der Waals surface area contributed by atoms with Crippen LogP contribution >= 0.6 is 0 Å². The second kappa shape index (κ2) is 9.28. The monoisotopic (exact) mass is 295 g/mol. The molecule has 79 valence electrons. The molecule has 0 saturated heterocycles. The van der Waals surface area contributed by atoms with Crippen LogP contribution in [0.5, 0.6) is 0 Å². The summed E-state index contributed by atoms with van der Waals surface area (Å²) in [5.41, 5.74) is 0. The second-order valence-corrected chi connectivity index (χ2v) is 6.65.